The van der Waals surface area contributed by atoms with Crippen LogP contribution in [-0.4, -0.2) is 9.97 Å². The van der Waals surface area contributed by atoms with Crippen molar-refractivity contribution < 1.29 is 0 Å². The van der Waals surface area contributed by atoms with E-state index in [9.17, 15) is 0 Å². The van der Waals surface area contributed by atoms with Gasteiger partial charge in [-0.15, -0.1) is 0 Å². The van der Waals surface area contributed by atoms with Gasteiger partial charge in [-0.3, -0.25) is 0 Å². The molecule has 0 aliphatic rings. The highest BCUT2D eigenvalue weighted by Crippen LogP contribution is 2.33. The molecule has 0 spiro atoms. The van der Waals surface area contributed by atoms with Crippen molar-refractivity contribution in [3.8, 4) is 11.3 Å². The number of nitrogens with zero attached hydrogens (tertiary/aromatic N) is 2. The normalized spacial score (nSPS) is 13.0. The first kappa shape index (κ1) is 16.4. The predicted octanol–water partition coefficient (Wildman–Crippen LogP) is 5.92. The Hall–Kier alpha value is -2.48. The summed E-state index contributed by atoms with van der Waals surface area (Å²) in [6.45, 7) is 8.64. The second kappa shape index (κ2) is 6.96. The molecule has 0 amide bonds. The van der Waals surface area contributed by atoms with Crippen LogP contribution in [0.2, 0.25) is 0 Å². The molecule has 0 aliphatic heterocycles. The lowest BCUT2D eigenvalue weighted by Gasteiger charge is -2.20. The molecule has 0 bridgehead atoms. The van der Waals surface area contributed by atoms with Crippen molar-refractivity contribution in [1.29, 1.82) is 0 Å². The van der Waals surface area contributed by atoms with Crippen LogP contribution in [0.15, 0.2) is 60.7 Å². The Labute approximate surface area is 144 Å². The number of aromatic nitrogens is 2. The summed E-state index contributed by atoms with van der Waals surface area (Å²) in [7, 11) is 0. The van der Waals surface area contributed by atoms with E-state index in [1.165, 1.54) is 5.56 Å². The molecule has 0 saturated heterocycles. The summed E-state index contributed by atoms with van der Waals surface area (Å²) < 4.78 is 0. The highest BCUT2D eigenvalue weighted by Gasteiger charge is 2.21. The molecule has 24 heavy (non-hydrogen) atoms. The minimum Gasteiger partial charge on any atom is -0.248 e. The molecule has 0 N–H and O–H groups in total. The average molecular weight is 316 g/mol. The lowest BCUT2D eigenvalue weighted by Crippen LogP contribution is -2.10. The van der Waals surface area contributed by atoms with E-state index in [1.807, 2.05) is 6.07 Å². The number of allylic oxidation sites excluding steroid dienone is 2. The number of aryl methyl sites for hydroxylation is 1. The maximum Gasteiger partial charge on any atom is 0.0931 e. The van der Waals surface area contributed by atoms with Crippen LogP contribution in [0, 0.1) is 12.8 Å². The topological polar surface area (TPSA) is 25.8 Å². The van der Waals surface area contributed by atoms with E-state index in [2.05, 4.69) is 82.3 Å². The summed E-state index contributed by atoms with van der Waals surface area (Å²) in [5.74, 6) is 0.711. The van der Waals surface area contributed by atoms with E-state index in [4.69, 9.17) is 9.97 Å². The quantitative estimate of drug-likeness (QED) is 0.558. The van der Waals surface area contributed by atoms with Crippen molar-refractivity contribution >= 4 is 11.0 Å². The van der Waals surface area contributed by atoms with Gasteiger partial charge in [0, 0.05) is 11.5 Å². The zero-order chi connectivity index (χ0) is 17.1. The molecule has 1 aromatic heterocycles. The fourth-order valence-corrected chi connectivity index (χ4v) is 3.06. The molecule has 2 nitrogen and oxygen atoms in total. The van der Waals surface area contributed by atoms with Crippen molar-refractivity contribution in [2.45, 2.75) is 33.6 Å². The van der Waals surface area contributed by atoms with Crippen LogP contribution in [0.4, 0.5) is 0 Å². The van der Waals surface area contributed by atoms with Crippen LogP contribution >= 0.6 is 0 Å². The molecule has 1 atom stereocenters. The first-order chi connectivity index (χ1) is 11.6. The molecule has 2 heteroatoms. The largest absolute Gasteiger partial charge is 0.248 e. The van der Waals surface area contributed by atoms with Crippen molar-refractivity contribution in [1.82, 2.24) is 9.97 Å². The van der Waals surface area contributed by atoms with Gasteiger partial charge in [-0.1, -0.05) is 62.4 Å². The lowest BCUT2D eigenvalue weighted by molar-refractivity contribution is 0.567. The maximum atomic E-state index is 5.04. The number of hydrogen-bond acceptors (Lipinski definition) is 2. The Kier molecular flexibility index (Phi) is 4.75. The Bertz CT molecular complexity index is 864. The van der Waals surface area contributed by atoms with Crippen LogP contribution in [-0.2, 0) is 0 Å². The van der Waals surface area contributed by atoms with E-state index in [0.717, 1.165) is 28.0 Å². The van der Waals surface area contributed by atoms with Gasteiger partial charge in [0.1, 0.15) is 0 Å². The molecule has 1 heterocycles. The summed E-state index contributed by atoms with van der Waals surface area (Å²) in [5, 5.41) is 0. The molecular formula is C22H24N2. The molecule has 3 rings (SSSR count). The van der Waals surface area contributed by atoms with Crippen molar-refractivity contribution in [3.05, 3.63) is 71.9 Å². The summed E-state index contributed by atoms with van der Waals surface area (Å²) in [6.07, 6.45) is 4.35. The van der Waals surface area contributed by atoms with Gasteiger partial charge in [-0.25, -0.2) is 9.97 Å². The van der Waals surface area contributed by atoms with E-state index in [1.54, 1.807) is 0 Å². The third-order valence-corrected chi connectivity index (χ3v) is 4.33. The van der Waals surface area contributed by atoms with Crippen LogP contribution in [0.1, 0.15) is 37.9 Å². The van der Waals surface area contributed by atoms with Crippen LogP contribution in [0.5, 0.6) is 0 Å². The van der Waals surface area contributed by atoms with Crippen LogP contribution in [0.25, 0.3) is 22.3 Å². The SMILES string of the molecule is C/C=C\C(c1nc2cc(C)ccc2nc1-c1ccccc1)C(C)C. The Morgan fingerprint density at radius 1 is 0.917 bits per heavy atom. The average Bonchev–Trinajstić information content (AvgIpc) is 2.59. The highest BCUT2D eigenvalue weighted by molar-refractivity contribution is 5.79. The molecule has 2 aromatic carbocycles. The van der Waals surface area contributed by atoms with Crippen LogP contribution in [0.3, 0.4) is 0 Å². The van der Waals surface area contributed by atoms with Gasteiger partial charge in [-0.2, -0.15) is 0 Å². The van der Waals surface area contributed by atoms with E-state index in [0.29, 0.717) is 5.92 Å². The predicted molar refractivity (Wildman–Crippen MR) is 102 cm³/mol. The van der Waals surface area contributed by atoms with Crippen molar-refractivity contribution in [2.75, 3.05) is 0 Å². The third-order valence-electron chi connectivity index (χ3n) is 4.33. The molecule has 0 fully saturated rings. The third kappa shape index (κ3) is 3.23. The minimum atomic E-state index is 0.252. The molecule has 0 aliphatic carbocycles. The van der Waals surface area contributed by atoms with Gasteiger partial charge in [-0.05, 0) is 37.5 Å². The van der Waals surface area contributed by atoms with E-state index < -0.39 is 0 Å². The molecule has 0 radical (unpaired) electrons. The molecular weight excluding hydrogens is 292 g/mol. The van der Waals surface area contributed by atoms with Crippen molar-refractivity contribution in [3.63, 3.8) is 0 Å². The second-order valence-electron chi connectivity index (χ2n) is 6.61. The smallest absolute Gasteiger partial charge is 0.0931 e. The second-order valence-corrected chi connectivity index (χ2v) is 6.61. The number of fused-ring (bicyclic) bond motifs is 1. The number of rotatable bonds is 4. The molecule has 122 valence electrons. The minimum absolute atomic E-state index is 0.252. The Morgan fingerprint density at radius 3 is 2.33 bits per heavy atom. The molecule has 3 aromatic rings. The fourth-order valence-electron chi connectivity index (χ4n) is 3.06. The van der Waals surface area contributed by atoms with E-state index >= 15 is 0 Å². The Balaban J connectivity index is 2.30. The monoisotopic (exact) mass is 316 g/mol. The lowest BCUT2D eigenvalue weighted by atomic mass is 9.89. The fraction of sp³-hybridized carbons (Fsp3) is 0.273. The number of benzene rings is 2. The zero-order valence-corrected chi connectivity index (χ0v) is 14.8. The van der Waals surface area contributed by atoms with Gasteiger partial charge in [0.2, 0.25) is 0 Å². The van der Waals surface area contributed by atoms with Gasteiger partial charge in [0.15, 0.2) is 0 Å². The van der Waals surface area contributed by atoms with Gasteiger partial charge < -0.3 is 0 Å². The van der Waals surface area contributed by atoms with Crippen LogP contribution < -0.4 is 0 Å². The summed E-state index contributed by atoms with van der Waals surface area (Å²) in [4.78, 5) is 10.0. The standard InChI is InChI=1S/C22H24N2/c1-5-9-18(15(2)3)22-21(17-10-7-6-8-11-17)23-19-13-12-16(4)14-20(19)24-22/h5-15,18H,1-4H3/b9-5-. The first-order valence-electron chi connectivity index (χ1n) is 8.56. The summed E-state index contributed by atoms with van der Waals surface area (Å²) in [6, 6.07) is 16.6. The molecule has 1 unspecified atom stereocenters. The number of hydrogen-bond donors (Lipinski definition) is 0. The molecule has 0 saturated carbocycles. The Morgan fingerprint density at radius 2 is 1.67 bits per heavy atom. The van der Waals surface area contributed by atoms with Gasteiger partial charge in [0.05, 0.1) is 22.4 Å². The zero-order valence-electron chi connectivity index (χ0n) is 14.8. The highest BCUT2D eigenvalue weighted by atomic mass is 14.8. The van der Waals surface area contributed by atoms with Gasteiger partial charge in [0.25, 0.3) is 0 Å². The first-order valence-corrected chi connectivity index (χ1v) is 8.56. The van der Waals surface area contributed by atoms with E-state index in [-0.39, 0.29) is 5.92 Å². The van der Waals surface area contributed by atoms with Crippen molar-refractivity contribution in [2.24, 2.45) is 5.92 Å². The maximum absolute atomic E-state index is 5.04. The van der Waals surface area contributed by atoms with Gasteiger partial charge >= 0.3 is 0 Å². The summed E-state index contributed by atoms with van der Waals surface area (Å²) >= 11 is 0. The summed E-state index contributed by atoms with van der Waals surface area (Å²) in [5.41, 5.74) is 6.31.